The van der Waals surface area contributed by atoms with E-state index in [-0.39, 0.29) is 12.5 Å². The summed E-state index contributed by atoms with van der Waals surface area (Å²) in [4.78, 5) is 12.2. The Kier molecular flexibility index (Phi) is 6.09. The summed E-state index contributed by atoms with van der Waals surface area (Å²) in [5, 5.41) is 6.55. The Hall–Kier alpha value is -3.14. The van der Waals surface area contributed by atoms with Gasteiger partial charge in [0, 0.05) is 0 Å². The lowest BCUT2D eigenvalue weighted by atomic mass is 10.0. The number of nitrogens with one attached hydrogen (secondary N) is 1. The van der Waals surface area contributed by atoms with Crippen LogP contribution < -0.4 is 10.2 Å². The fourth-order valence-corrected chi connectivity index (χ4v) is 3.04. The fraction of sp³-hybridized carbons (Fsp3) is 0.250. The smallest absolute Gasteiger partial charge is 0.277 e. The van der Waals surface area contributed by atoms with Gasteiger partial charge >= 0.3 is 0 Å². The first-order valence-corrected chi connectivity index (χ1v) is 9.49. The number of carbonyl (C=O) groups excluding carboxylic acids is 1. The van der Waals surface area contributed by atoms with E-state index in [1.807, 2.05) is 38.1 Å². The van der Waals surface area contributed by atoms with E-state index in [1.165, 1.54) is 5.39 Å². The van der Waals surface area contributed by atoms with Crippen LogP contribution in [-0.4, -0.2) is 18.2 Å². The van der Waals surface area contributed by atoms with Gasteiger partial charge in [0.2, 0.25) is 0 Å². The maximum atomic E-state index is 12.2. The quantitative estimate of drug-likeness (QED) is 0.477. The lowest BCUT2D eigenvalue weighted by molar-refractivity contribution is -0.123. The molecule has 144 valence electrons. The zero-order valence-corrected chi connectivity index (χ0v) is 16.8. The minimum Gasteiger partial charge on any atom is -0.483 e. The maximum Gasteiger partial charge on any atom is 0.277 e. The van der Waals surface area contributed by atoms with Gasteiger partial charge in [-0.25, -0.2) is 5.43 Å². The van der Waals surface area contributed by atoms with Crippen molar-refractivity contribution in [3.05, 3.63) is 77.4 Å². The van der Waals surface area contributed by atoms with Gasteiger partial charge in [-0.1, -0.05) is 62.4 Å². The van der Waals surface area contributed by atoms with E-state index in [0.29, 0.717) is 5.92 Å². The Morgan fingerprint density at radius 3 is 2.54 bits per heavy atom. The molecule has 0 aliphatic rings. The summed E-state index contributed by atoms with van der Waals surface area (Å²) < 4.78 is 5.76. The highest BCUT2D eigenvalue weighted by Crippen LogP contribution is 2.27. The van der Waals surface area contributed by atoms with Crippen LogP contribution in [0.15, 0.2) is 65.8 Å². The molecule has 3 aromatic rings. The molecule has 0 saturated carbocycles. The van der Waals surface area contributed by atoms with Crippen molar-refractivity contribution < 1.29 is 9.53 Å². The van der Waals surface area contributed by atoms with Crippen molar-refractivity contribution in [2.45, 2.75) is 33.6 Å². The van der Waals surface area contributed by atoms with Gasteiger partial charge < -0.3 is 4.74 Å². The van der Waals surface area contributed by atoms with Crippen LogP contribution in [0.5, 0.6) is 5.75 Å². The van der Waals surface area contributed by atoms with Crippen molar-refractivity contribution in [3.8, 4) is 5.75 Å². The molecule has 0 aromatic heterocycles. The number of benzene rings is 3. The predicted octanol–water partition coefficient (Wildman–Crippen LogP) is 5.19. The zero-order valence-electron chi connectivity index (χ0n) is 16.8. The molecule has 3 rings (SSSR count). The Balaban J connectivity index is 1.64. The molecule has 1 amide bonds. The molecule has 0 atom stereocenters. The second-order valence-corrected chi connectivity index (χ2v) is 7.28. The Bertz CT molecular complexity index is 1020. The first-order valence-electron chi connectivity index (χ1n) is 9.49. The number of ether oxygens (including phenoxy) is 1. The molecule has 0 unspecified atom stereocenters. The minimum atomic E-state index is -0.281. The van der Waals surface area contributed by atoms with Crippen molar-refractivity contribution in [3.63, 3.8) is 0 Å². The second kappa shape index (κ2) is 8.70. The monoisotopic (exact) mass is 374 g/mol. The van der Waals surface area contributed by atoms with E-state index in [4.69, 9.17) is 4.74 Å². The van der Waals surface area contributed by atoms with Crippen LogP contribution in [-0.2, 0) is 4.79 Å². The van der Waals surface area contributed by atoms with Crippen LogP contribution in [0, 0.1) is 6.92 Å². The van der Waals surface area contributed by atoms with Crippen LogP contribution in [0.4, 0.5) is 0 Å². The summed E-state index contributed by atoms with van der Waals surface area (Å²) in [6, 6.07) is 20.4. The molecule has 0 bridgehead atoms. The van der Waals surface area contributed by atoms with Gasteiger partial charge in [-0.2, -0.15) is 5.10 Å². The van der Waals surface area contributed by atoms with E-state index in [2.05, 4.69) is 60.8 Å². The number of amides is 1. The highest BCUT2D eigenvalue weighted by molar-refractivity contribution is 6.02. The van der Waals surface area contributed by atoms with Crippen LogP contribution in [0.2, 0.25) is 0 Å². The molecule has 28 heavy (non-hydrogen) atoms. The Labute approximate surface area is 166 Å². The number of rotatable bonds is 6. The third-order valence-corrected chi connectivity index (χ3v) is 4.67. The number of hydrogen-bond donors (Lipinski definition) is 1. The van der Waals surface area contributed by atoms with Gasteiger partial charge in [-0.05, 0) is 59.4 Å². The summed E-state index contributed by atoms with van der Waals surface area (Å²) in [5.74, 6) is 0.795. The third-order valence-electron chi connectivity index (χ3n) is 4.67. The highest BCUT2D eigenvalue weighted by Gasteiger charge is 2.10. The van der Waals surface area contributed by atoms with Crippen molar-refractivity contribution in [2.24, 2.45) is 5.10 Å². The van der Waals surface area contributed by atoms with Crippen LogP contribution in [0.25, 0.3) is 10.8 Å². The lowest BCUT2D eigenvalue weighted by Crippen LogP contribution is -2.26. The molecule has 4 heteroatoms. The molecule has 0 radical (unpaired) electrons. The van der Waals surface area contributed by atoms with E-state index >= 15 is 0 Å². The van der Waals surface area contributed by atoms with Gasteiger partial charge in [0.1, 0.15) is 5.75 Å². The molecule has 0 spiro atoms. The molecule has 0 saturated heterocycles. The van der Waals surface area contributed by atoms with Crippen molar-refractivity contribution >= 4 is 22.4 Å². The van der Waals surface area contributed by atoms with Crippen LogP contribution in [0.1, 0.15) is 43.4 Å². The summed E-state index contributed by atoms with van der Waals surface area (Å²) >= 11 is 0. The van der Waals surface area contributed by atoms with Gasteiger partial charge in [-0.15, -0.1) is 0 Å². The zero-order chi connectivity index (χ0) is 20.1. The summed E-state index contributed by atoms with van der Waals surface area (Å²) in [5.41, 5.74) is 6.50. The second-order valence-electron chi connectivity index (χ2n) is 7.28. The highest BCUT2D eigenvalue weighted by atomic mass is 16.5. The van der Waals surface area contributed by atoms with E-state index in [1.54, 1.807) is 0 Å². The average molecular weight is 374 g/mol. The first-order chi connectivity index (χ1) is 13.4. The number of carbonyl (C=O) groups is 1. The Morgan fingerprint density at radius 2 is 1.79 bits per heavy atom. The topological polar surface area (TPSA) is 50.7 Å². The van der Waals surface area contributed by atoms with Gasteiger partial charge in [0.15, 0.2) is 6.61 Å². The summed E-state index contributed by atoms with van der Waals surface area (Å²) in [6.07, 6.45) is 0. The molecule has 0 aliphatic heterocycles. The van der Waals surface area contributed by atoms with Gasteiger partial charge in [-0.3, -0.25) is 4.79 Å². The number of fused-ring (bicyclic) bond motifs is 1. The van der Waals surface area contributed by atoms with E-state index in [9.17, 15) is 4.79 Å². The van der Waals surface area contributed by atoms with Crippen molar-refractivity contribution in [1.29, 1.82) is 0 Å². The number of nitrogens with zero attached hydrogens (tertiary/aromatic N) is 1. The third kappa shape index (κ3) is 4.77. The van der Waals surface area contributed by atoms with E-state index in [0.717, 1.165) is 33.5 Å². The molecule has 0 fully saturated rings. The molecule has 3 aromatic carbocycles. The normalized spacial score (nSPS) is 11.7. The summed E-state index contributed by atoms with van der Waals surface area (Å²) in [6.45, 7) is 8.03. The lowest BCUT2D eigenvalue weighted by Gasteiger charge is -2.14. The van der Waals surface area contributed by atoms with Crippen molar-refractivity contribution in [1.82, 2.24) is 5.43 Å². The number of hydrogen-bond acceptors (Lipinski definition) is 3. The standard InChI is InChI=1S/C24H26N2O2/c1-16(2)22-12-9-17(3)13-23(22)28-15-24(27)26-25-18(4)20-11-10-19-7-5-6-8-21(19)14-20/h5-14,16H,15H2,1-4H3,(H,26,27)/b25-18+. The molecule has 0 aliphatic carbocycles. The van der Waals surface area contributed by atoms with Crippen LogP contribution >= 0.6 is 0 Å². The predicted molar refractivity (Wildman–Crippen MR) is 115 cm³/mol. The maximum absolute atomic E-state index is 12.2. The molecular weight excluding hydrogens is 348 g/mol. The van der Waals surface area contributed by atoms with Crippen LogP contribution in [0.3, 0.4) is 0 Å². The minimum absolute atomic E-state index is 0.0718. The van der Waals surface area contributed by atoms with Gasteiger partial charge in [0.05, 0.1) is 5.71 Å². The van der Waals surface area contributed by atoms with E-state index < -0.39 is 0 Å². The fourth-order valence-electron chi connectivity index (χ4n) is 3.04. The SMILES string of the molecule is C/C(=N\NC(=O)COc1cc(C)ccc1C(C)C)c1ccc2ccccc2c1. The Morgan fingerprint density at radius 1 is 1.04 bits per heavy atom. The number of hydrazone groups is 1. The molecule has 4 nitrogen and oxygen atoms in total. The first kappa shape index (κ1) is 19.6. The molecular formula is C24H26N2O2. The molecule has 1 N–H and O–H groups in total. The molecule has 0 heterocycles. The number of aryl methyl sites for hydroxylation is 1. The van der Waals surface area contributed by atoms with Gasteiger partial charge in [0.25, 0.3) is 5.91 Å². The van der Waals surface area contributed by atoms with Crippen molar-refractivity contribution in [2.75, 3.05) is 6.61 Å². The largest absolute Gasteiger partial charge is 0.483 e. The average Bonchev–Trinajstić information content (AvgIpc) is 2.69. The summed E-state index contributed by atoms with van der Waals surface area (Å²) in [7, 11) is 0.